The van der Waals surface area contributed by atoms with E-state index in [1.54, 1.807) is 17.0 Å². The molecule has 2 nitrogen and oxygen atoms in total. The number of nitrogens with zero attached hydrogens (tertiary/aromatic N) is 1. The fourth-order valence-electron chi connectivity index (χ4n) is 4.39. The number of benzene rings is 3. The van der Waals surface area contributed by atoms with Crippen molar-refractivity contribution in [3.63, 3.8) is 0 Å². The van der Waals surface area contributed by atoms with Crippen molar-refractivity contribution in [1.29, 1.82) is 0 Å². The summed E-state index contributed by atoms with van der Waals surface area (Å²) in [5.74, 6) is 0.0642. The molecule has 0 amide bonds. The molecule has 1 saturated heterocycles. The third-order valence-corrected chi connectivity index (χ3v) is 6.70. The molecule has 1 atom stereocenters. The molecule has 33 heavy (non-hydrogen) atoms. The fourth-order valence-corrected chi connectivity index (χ4v) is 4.92. The summed E-state index contributed by atoms with van der Waals surface area (Å²) in [5, 5.41) is 0.378. The largest absolute Gasteiger partial charge is 0.400 e. The molecule has 1 unspecified atom stereocenters. The molecule has 4 rings (SSSR count). The highest BCUT2D eigenvalue weighted by Crippen LogP contribution is 2.49. The molecule has 0 saturated carbocycles. The summed E-state index contributed by atoms with van der Waals surface area (Å²) in [7, 11) is 0. The Bertz CT molecular complexity index is 1110. The fraction of sp³-hybridized carbons (Fsp3) is 0.269. The zero-order chi connectivity index (χ0) is 23.6. The van der Waals surface area contributed by atoms with Crippen molar-refractivity contribution in [2.75, 3.05) is 18.0 Å². The van der Waals surface area contributed by atoms with Crippen LogP contribution in [0, 0.1) is 0 Å². The normalized spacial score (nSPS) is 18.5. The minimum atomic E-state index is -4.45. The Kier molecular flexibility index (Phi) is 6.73. The van der Waals surface area contributed by atoms with E-state index in [4.69, 9.17) is 23.2 Å². The third kappa shape index (κ3) is 5.04. The molecule has 0 N–H and O–H groups in total. The summed E-state index contributed by atoms with van der Waals surface area (Å²) in [6.07, 6.45) is -3.59. The van der Waals surface area contributed by atoms with E-state index in [0.29, 0.717) is 24.1 Å². The summed E-state index contributed by atoms with van der Waals surface area (Å²) in [5.41, 5.74) is 0.405. The van der Waals surface area contributed by atoms with Gasteiger partial charge in [-0.3, -0.25) is 4.79 Å². The van der Waals surface area contributed by atoms with E-state index in [0.717, 1.165) is 5.56 Å². The Morgan fingerprint density at radius 2 is 1.58 bits per heavy atom. The number of hydrogen-bond acceptors (Lipinski definition) is 2. The minimum Gasteiger partial charge on any atom is -0.370 e. The molecule has 3 aromatic rings. The molecule has 0 spiro atoms. The van der Waals surface area contributed by atoms with Gasteiger partial charge < -0.3 is 4.90 Å². The van der Waals surface area contributed by atoms with Gasteiger partial charge in [0.1, 0.15) is 5.41 Å². The lowest BCUT2D eigenvalue weighted by molar-refractivity contribution is -0.184. The highest BCUT2D eigenvalue weighted by molar-refractivity contribution is 6.34. The maximum atomic E-state index is 14.3. The summed E-state index contributed by atoms with van der Waals surface area (Å²) >= 11 is 12.0. The Balaban J connectivity index is 1.48. The zero-order valence-electron chi connectivity index (χ0n) is 17.7. The lowest BCUT2D eigenvalue weighted by Crippen LogP contribution is -2.44. The maximum Gasteiger partial charge on any atom is 0.400 e. The van der Waals surface area contributed by atoms with Crippen LogP contribution < -0.4 is 4.90 Å². The van der Waals surface area contributed by atoms with Crippen LogP contribution in [0.15, 0.2) is 72.8 Å². The number of Topliss-reactive ketones (excluding diaryl/α,β-unsaturated/α-hetero) is 1. The van der Waals surface area contributed by atoms with Crippen molar-refractivity contribution >= 4 is 34.7 Å². The number of ketones is 1. The third-order valence-electron chi connectivity index (χ3n) is 6.27. The number of halogens is 5. The van der Waals surface area contributed by atoms with E-state index in [9.17, 15) is 18.0 Å². The van der Waals surface area contributed by atoms with Gasteiger partial charge in [-0.05, 0) is 54.3 Å². The molecule has 0 aromatic heterocycles. The second kappa shape index (κ2) is 9.40. The van der Waals surface area contributed by atoms with Crippen LogP contribution in [0.25, 0.3) is 0 Å². The first kappa shape index (κ1) is 23.7. The quantitative estimate of drug-likeness (QED) is 0.332. The molecule has 0 aliphatic carbocycles. The summed E-state index contributed by atoms with van der Waals surface area (Å²) in [4.78, 5) is 14.0. The van der Waals surface area contributed by atoms with Gasteiger partial charge in [0.2, 0.25) is 0 Å². The topological polar surface area (TPSA) is 20.3 Å². The number of aryl methyl sites for hydroxylation is 1. The molecule has 1 aliphatic rings. The second-order valence-electron chi connectivity index (χ2n) is 8.37. The number of hydrogen-bond donors (Lipinski definition) is 0. The van der Waals surface area contributed by atoms with Crippen molar-refractivity contribution in [3.05, 3.63) is 99.5 Å². The predicted octanol–water partition coefficient (Wildman–Crippen LogP) is 7.52. The summed E-state index contributed by atoms with van der Waals surface area (Å²) < 4.78 is 42.9. The smallest absolute Gasteiger partial charge is 0.370 e. The molecule has 172 valence electrons. The number of carbonyl (C=O) groups is 1. The van der Waals surface area contributed by atoms with Gasteiger partial charge in [-0.2, -0.15) is 13.2 Å². The van der Waals surface area contributed by atoms with Crippen molar-refractivity contribution < 1.29 is 18.0 Å². The molecular formula is C26H22Cl2F3NO. The Morgan fingerprint density at radius 3 is 2.18 bits per heavy atom. The van der Waals surface area contributed by atoms with E-state index in [1.165, 1.54) is 18.2 Å². The highest BCUT2D eigenvalue weighted by Gasteiger charge is 2.59. The number of anilines is 1. The first-order chi connectivity index (χ1) is 15.7. The van der Waals surface area contributed by atoms with Gasteiger partial charge in [-0.25, -0.2) is 0 Å². The Labute approximate surface area is 200 Å². The molecule has 1 fully saturated rings. The van der Waals surface area contributed by atoms with E-state index in [1.807, 2.05) is 42.5 Å². The van der Waals surface area contributed by atoms with Crippen LogP contribution in [0.2, 0.25) is 10.0 Å². The predicted molar refractivity (Wildman–Crippen MR) is 127 cm³/mol. The maximum absolute atomic E-state index is 14.3. The van der Waals surface area contributed by atoms with Gasteiger partial charge in [0.05, 0.1) is 0 Å². The van der Waals surface area contributed by atoms with Crippen LogP contribution in [-0.4, -0.2) is 25.0 Å². The number of rotatable bonds is 6. The number of carbonyl (C=O) groups excluding carboxylic acids is 1. The molecule has 3 aromatic carbocycles. The van der Waals surface area contributed by atoms with Gasteiger partial charge in [0.25, 0.3) is 0 Å². The van der Waals surface area contributed by atoms with Gasteiger partial charge in [-0.15, -0.1) is 0 Å². The average Bonchev–Trinajstić information content (AvgIpc) is 3.25. The monoisotopic (exact) mass is 491 g/mol. The second-order valence-corrected chi connectivity index (χ2v) is 9.24. The van der Waals surface area contributed by atoms with Crippen LogP contribution in [0.5, 0.6) is 0 Å². The SMILES string of the molecule is O=C(CCc1ccc(N2CCC(c3cc(Cl)cc(Cl)c3)(C(F)(F)F)C2)cc1)c1ccccc1. The van der Waals surface area contributed by atoms with E-state index in [2.05, 4.69) is 0 Å². The lowest BCUT2D eigenvalue weighted by Gasteiger charge is -2.33. The van der Waals surface area contributed by atoms with Crippen molar-refractivity contribution in [2.45, 2.75) is 30.9 Å². The van der Waals surface area contributed by atoms with Crippen molar-refractivity contribution in [3.8, 4) is 0 Å². The average molecular weight is 492 g/mol. The van der Waals surface area contributed by atoms with Crippen molar-refractivity contribution in [1.82, 2.24) is 0 Å². The summed E-state index contributed by atoms with van der Waals surface area (Å²) in [6, 6.07) is 20.6. The van der Waals surface area contributed by atoms with Crippen LogP contribution in [0.4, 0.5) is 18.9 Å². The van der Waals surface area contributed by atoms with Gasteiger partial charge in [0.15, 0.2) is 5.78 Å². The highest BCUT2D eigenvalue weighted by atomic mass is 35.5. The van der Waals surface area contributed by atoms with E-state index in [-0.39, 0.29) is 40.9 Å². The van der Waals surface area contributed by atoms with Gasteiger partial charge in [-0.1, -0.05) is 65.7 Å². The molecular weight excluding hydrogens is 470 g/mol. The lowest BCUT2D eigenvalue weighted by atomic mass is 9.79. The van der Waals surface area contributed by atoms with E-state index >= 15 is 0 Å². The molecule has 1 heterocycles. The molecule has 1 aliphatic heterocycles. The van der Waals surface area contributed by atoms with Crippen LogP contribution in [0.1, 0.15) is 34.3 Å². The molecule has 0 bridgehead atoms. The van der Waals surface area contributed by atoms with E-state index < -0.39 is 11.6 Å². The van der Waals surface area contributed by atoms with Crippen LogP contribution in [0.3, 0.4) is 0 Å². The number of alkyl halides is 3. The van der Waals surface area contributed by atoms with Crippen LogP contribution >= 0.6 is 23.2 Å². The Hall–Kier alpha value is -2.50. The Morgan fingerprint density at radius 1 is 0.939 bits per heavy atom. The zero-order valence-corrected chi connectivity index (χ0v) is 19.2. The van der Waals surface area contributed by atoms with Crippen molar-refractivity contribution in [2.24, 2.45) is 0 Å². The first-order valence-electron chi connectivity index (χ1n) is 10.6. The molecule has 0 radical (unpaired) electrons. The van der Waals surface area contributed by atoms with Gasteiger partial charge >= 0.3 is 6.18 Å². The van der Waals surface area contributed by atoms with Gasteiger partial charge in [0, 0.05) is 40.8 Å². The first-order valence-corrected chi connectivity index (χ1v) is 11.4. The molecule has 7 heteroatoms. The van der Waals surface area contributed by atoms with Crippen LogP contribution in [-0.2, 0) is 11.8 Å². The minimum absolute atomic E-state index is 0.0642. The standard InChI is InChI=1S/C26H22Cl2F3NO/c27-21-14-20(15-22(28)16-21)25(26(29,30)31)12-13-32(17-25)23-9-6-18(7-10-23)8-11-24(33)19-4-2-1-3-5-19/h1-7,9-10,14-16H,8,11-13,17H2. The summed E-state index contributed by atoms with van der Waals surface area (Å²) in [6.45, 7) is 0.0501.